The van der Waals surface area contributed by atoms with Crippen LogP contribution in [-0.2, 0) is 0 Å². The van der Waals surface area contributed by atoms with E-state index in [-0.39, 0.29) is 0 Å². The fourth-order valence-electron chi connectivity index (χ4n) is 2.63. The SMILES string of the molecule is Cc1nc2nc(-c3ccccc3)c([S])c(-c3ccccc3)n2n1. The number of aryl methyl sites for hydroxylation is 1. The molecule has 0 N–H and O–H groups in total. The van der Waals surface area contributed by atoms with Gasteiger partial charge in [0, 0.05) is 11.1 Å². The summed E-state index contributed by atoms with van der Waals surface area (Å²) in [6.07, 6.45) is 0. The van der Waals surface area contributed by atoms with E-state index in [9.17, 15) is 0 Å². The van der Waals surface area contributed by atoms with E-state index < -0.39 is 0 Å². The zero-order valence-electron chi connectivity index (χ0n) is 12.5. The molecule has 0 amide bonds. The van der Waals surface area contributed by atoms with Crippen molar-refractivity contribution in [1.29, 1.82) is 0 Å². The Hall–Kier alpha value is -2.79. The van der Waals surface area contributed by atoms with Crippen LogP contribution < -0.4 is 0 Å². The Morgan fingerprint density at radius 2 is 1.43 bits per heavy atom. The normalized spacial score (nSPS) is 11.0. The van der Waals surface area contributed by atoms with Crippen LogP contribution >= 0.6 is 12.6 Å². The molecular weight excluding hydrogens is 304 g/mol. The third-order valence-electron chi connectivity index (χ3n) is 3.64. The van der Waals surface area contributed by atoms with E-state index in [1.807, 2.05) is 67.6 Å². The summed E-state index contributed by atoms with van der Waals surface area (Å²) in [6, 6.07) is 20.0. The number of fused-ring (bicyclic) bond motifs is 1. The summed E-state index contributed by atoms with van der Waals surface area (Å²) >= 11 is 5.74. The zero-order chi connectivity index (χ0) is 15.8. The maximum Gasteiger partial charge on any atom is 0.253 e. The van der Waals surface area contributed by atoms with Crippen molar-refractivity contribution in [2.75, 3.05) is 0 Å². The van der Waals surface area contributed by atoms with Gasteiger partial charge in [-0.05, 0) is 6.92 Å². The molecule has 1 radical (unpaired) electrons. The molecule has 2 aromatic heterocycles. The Morgan fingerprint density at radius 3 is 2.09 bits per heavy atom. The molecule has 0 spiro atoms. The van der Waals surface area contributed by atoms with Gasteiger partial charge in [-0.15, -0.1) is 5.10 Å². The molecule has 2 aromatic carbocycles. The van der Waals surface area contributed by atoms with Crippen molar-refractivity contribution in [3.05, 3.63) is 66.5 Å². The fourth-order valence-corrected chi connectivity index (χ4v) is 2.99. The smallest absolute Gasteiger partial charge is 0.209 e. The highest BCUT2D eigenvalue weighted by molar-refractivity contribution is 7.80. The summed E-state index contributed by atoms with van der Waals surface area (Å²) in [6.45, 7) is 1.86. The molecular formula is C18H13N4S. The Labute approximate surface area is 139 Å². The first kappa shape index (κ1) is 13.8. The molecule has 0 atom stereocenters. The van der Waals surface area contributed by atoms with E-state index in [1.54, 1.807) is 4.52 Å². The van der Waals surface area contributed by atoms with Gasteiger partial charge in [0.05, 0.1) is 16.3 Å². The Balaban J connectivity index is 2.09. The number of hydrogen-bond donors (Lipinski definition) is 0. The summed E-state index contributed by atoms with van der Waals surface area (Å²) in [5.74, 6) is 1.24. The molecule has 0 unspecified atom stereocenters. The van der Waals surface area contributed by atoms with Crippen LogP contribution in [0.5, 0.6) is 0 Å². The van der Waals surface area contributed by atoms with Gasteiger partial charge in [0.15, 0.2) is 0 Å². The average Bonchev–Trinajstić information content (AvgIpc) is 2.95. The lowest BCUT2D eigenvalue weighted by Crippen LogP contribution is -2.01. The van der Waals surface area contributed by atoms with Gasteiger partial charge in [0.1, 0.15) is 5.82 Å². The van der Waals surface area contributed by atoms with Crippen molar-refractivity contribution >= 4 is 18.4 Å². The lowest BCUT2D eigenvalue weighted by Gasteiger charge is -2.11. The summed E-state index contributed by atoms with van der Waals surface area (Å²) < 4.78 is 1.74. The second kappa shape index (κ2) is 5.44. The van der Waals surface area contributed by atoms with E-state index in [0.29, 0.717) is 16.5 Å². The van der Waals surface area contributed by atoms with Gasteiger partial charge >= 0.3 is 0 Å². The van der Waals surface area contributed by atoms with Crippen LogP contribution in [0.3, 0.4) is 0 Å². The van der Waals surface area contributed by atoms with Gasteiger partial charge in [-0.1, -0.05) is 73.3 Å². The molecule has 0 aliphatic carbocycles. The second-order valence-corrected chi connectivity index (χ2v) is 5.65. The average molecular weight is 317 g/mol. The predicted molar refractivity (Wildman–Crippen MR) is 92.2 cm³/mol. The first-order chi connectivity index (χ1) is 11.2. The molecule has 0 bridgehead atoms. The predicted octanol–water partition coefficient (Wildman–Crippen LogP) is 4.32. The minimum absolute atomic E-state index is 0.564. The largest absolute Gasteiger partial charge is 0.253 e. The molecule has 111 valence electrons. The van der Waals surface area contributed by atoms with E-state index >= 15 is 0 Å². The van der Waals surface area contributed by atoms with Crippen molar-refractivity contribution in [1.82, 2.24) is 19.6 Å². The van der Waals surface area contributed by atoms with Crippen molar-refractivity contribution in [3.8, 4) is 22.5 Å². The number of rotatable bonds is 2. The van der Waals surface area contributed by atoms with Crippen molar-refractivity contribution in [2.45, 2.75) is 11.8 Å². The number of aromatic nitrogens is 4. The molecule has 0 saturated carbocycles. The lowest BCUT2D eigenvalue weighted by molar-refractivity contribution is 0.907. The Bertz CT molecular complexity index is 978. The highest BCUT2D eigenvalue weighted by Gasteiger charge is 2.18. The third-order valence-corrected chi connectivity index (χ3v) is 4.03. The molecule has 4 rings (SSSR count). The van der Waals surface area contributed by atoms with Gasteiger partial charge < -0.3 is 0 Å². The highest BCUT2D eigenvalue weighted by atomic mass is 32.1. The van der Waals surface area contributed by atoms with E-state index in [4.69, 9.17) is 12.6 Å². The standard InChI is InChI=1S/C18H13N4S/c1-12-19-18-20-15(13-8-4-2-5-9-13)17(23)16(22(18)21-12)14-10-6-3-7-11-14/h2-11H,1H3. The van der Waals surface area contributed by atoms with Gasteiger partial charge in [0.25, 0.3) is 5.78 Å². The van der Waals surface area contributed by atoms with E-state index in [2.05, 4.69) is 15.1 Å². The molecule has 23 heavy (non-hydrogen) atoms. The first-order valence-corrected chi connectivity index (χ1v) is 7.70. The van der Waals surface area contributed by atoms with Crippen LogP contribution in [0, 0.1) is 6.92 Å². The minimum atomic E-state index is 0.564. The molecule has 0 saturated heterocycles. The van der Waals surface area contributed by atoms with Gasteiger partial charge in [-0.3, -0.25) is 0 Å². The maximum atomic E-state index is 5.74. The molecule has 2 heterocycles. The van der Waals surface area contributed by atoms with Crippen LogP contribution in [0.25, 0.3) is 28.3 Å². The van der Waals surface area contributed by atoms with Gasteiger partial charge in [-0.2, -0.15) is 9.50 Å². The summed E-state index contributed by atoms with van der Waals surface area (Å²) in [5.41, 5.74) is 3.61. The molecule has 4 aromatic rings. The summed E-state index contributed by atoms with van der Waals surface area (Å²) in [5, 5.41) is 4.46. The number of nitrogens with zero attached hydrogens (tertiary/aromatic N) is 4. The molecule has 0 aliphatic rings. The van der Waals surface area contributed by atoms with Gasteiger partial charge in [0.2, 0.25) is 0 Å². The topological polar surface area (TPSA) is 43.1 Å². The highest BCUT2D eigenvalue weighted by Crippen LogP contribution is 2.33. The molecule has 5 heteroatoms. The molecule has 4 nitrogen and oxygen atoms in total. The second-order valence-electron chi connectivity index (χ2n) is 5.24. The van der Waals surface area contributed by atoms with Crippen LogP contribution in [0.2, 0.25) is 0 Å². The quantitative estimate of drug-likeness (QED) is 0.553. The number of benzene rings is 2. The summed E-state index contributed by atoms with van der Waals surface area (Å²) in [4.78, 5) is 9.74. The lowest BCUT2D eigenvalue weighted by atomic mass is 10.1. The van der Waals surface area contributed by atoms with E-state index in [1.165, 1.54) is 0 Å². The first-order valence-electron chi connectivity index (χ1n) is 7.29. The van der Waals surface area contributed by atoms with Gasteiger partial charge in [-0.25, -0.2) is 4.98 Å². The molecule has 0 fully saturated rings. The minimum Gasteiger partial charge on any atom is -0.209 e. The number of hydrogen-bond acceptors (Lipinski definition) is 3. The zero-order valence-corrected chi connectivity index (χ0v) is 13.3. The van der Waals surface area contributed by atoms with Crippen LogP contribution in [0.1, 0.15) is 5.82 Å². The van der Waals surface area contributed by atoms with Crippen molar-refractivity contribution in [3.63, 3.8) is 0 Å². The van der Waals surface area contributed by atoms with Crippen LogP contribution in [0.4, 0.5) is 0 Å². The monoisotopic (exact) mass is 317 g/mol. The maximum absolute atomic E-state index is 5.74. The summed E-state index contributed by atoms with van der Waals surface area (Å²) in [7, 11) is 0. The van der Waals surface area contributed by atoms with Crippen LogP contribution in [-0.4, -0.2) is 19.6 Å². The van der Waals surface area contributed by atoms with E-state index in [0.717, 1.165) is 22.5 Å². The van der Waals surface area contributed by atoms with Crippen molar-refractivity contribution < 1.29 is 0 Å². The fraction of sp³-hybridized carbons (Fsp3) is 0.0556. The Morgan fingerprint density at radius 1 is 0.826 bits per heavy atom. The Kier molecular flexibility index (Phi) is 3.28. The van der Waals surface area contributed by atoms with Crippen LogP contribution in [0.15, 0.2) is 65.6 Å². The molecule has 0 aliphatic heterocycles. The third kappa shape index (κ3) is 2.35. The van der Waals surface area contributed by atoms with Crippen molar-refractivity contribution in [2.24, 2.45) is 0 Å².